The van der Waals surface area contributed by atoms with Gasteiger partial charge in [0.1, 0.15) is 0 Å². The molecule has 2 aromatic rings. The molecule has 0 bridgehead atoms. The average Bonchev–Trinajstić information content (AvgIpc) is 2.91. The third-order valence-corrected chi connectivity index (χ3v) is 2.84. The van der Waals surface area contributed by atoms with Crippen LogP contribution in [-0.2, 0) is 13.1 Å². The number of urea groups is 1. The van der Waals surface area contributed by atoms with Crippen molar-refractivity contribution >= 4 is 11.7 Å². The Morgan fingerprint density at radius 3 is 3.05 bits per heavy atom. The number of aromatic nitrogens is 2. The second-order valence-electron chi connectivity index (χ2n) is 4.66. The minimum atomic E-state index is -0.230. The number of nitrogens with zero attached hydrogens (tertiary/aromatic N) is 2. The number of carbonyl (C=O) groups is 1. The first-order valence-corrected chi connectivity index (χ1v) is 6.49. The summed E-state index contributed by atoms with van der Waals surface area (Å²) in [6.07, 6.45) is 5.30. The van der Waals surface area contributed by atoms with Crippen LogP contribution in [0.15, 0.2) is 43.0 Å². The molecule has 1 heterocycles. The molecule has 0 aliphatic rings. The van der Waals surface area contributed by atoms with Gasteiger partial charge in [-0.15, -0.1) is 0 Å². The van der Waals surface area contributed by atoms with Crippen molar-refractivity contribution in [2.24, 2.45) is 5.73 Å². The zero-order valence-electron chi connectivity index (χ0n) is 11.4. The highest BCUT2D eigenvalue weighted by Gasteiger charge is 2.08. The van der Waals surface area contributed by atoms with Crippen LogP contribution in [0.25, 0.3) is 0 Å². The Kier molecular flexibility index (Phi) is 4.73. The summed E-state index contributed by atoms with van der Waals surface area (Å²) in [5.74, 6) is 0. The highest BCUT2D eigenvalue weighted by molar-refractivity contribution is 5.89. The molecule has 2 rings (SSSR count). The number of hydrogen-bond donors (Lipinski definition) is 3. The topological polar surface area (TPSA) is 85.0 Å². The second-order valence-corrected chi connectivity index (χ2v) is 4.66. The summed E-state index contributed by atoms with van der Waals surface area (Å²) in [5.41, 5.74) is 7.29. The van der Waals surface area contributed by atoms with Crippen molar-refractivity contribution in [3.05, 3.63) is 48.5 Å². The van der Waals surface area contributed by atoms with E-state index in [-0.39, 0.29) is 12.1 Å². The number of nitrogens with one attached hydrogen (secondary N) is 2. The number of carbonyl (C=O) groups excluding carboxylic acids is 1. The average molecular weight is 273 g/mol. The van der Waals surface area contributed by atoms with E-state index in [1.54, 1.807) is 12.5 Å². The molecule has 1 unspecified atom stereocenters. The first-order valence-electron chi connectivity index (χ1n) is 6.49. The van der Waals surface area contributed by atoms with E-state index in [1.165, 1.54) is 0 Å². The van der Waals surface area contributed by atoms with Crippen LogP contribution < -0.4 is 16.4 Å². The molecule has 0 aliphatic heterocycles. The van der Waals surface area contributed by atoms with Gasteiger partial charge in [-0.2, -0.15) is 0 Å². The molecule has 0 fully saturated rings. The van der Waals surface area contributed by atoms with E-state index in [0.29, 0.717) is 13.1 Å². The number of rotatable bonds is 5. The fourth-order valence-electron chi connectivity index (χ4n) is 1.92. The number of amides is 2. The lowest BCUT2D eigenvalue weighted by molar-refractivity contribution is 0.248. The van der Waals surface area contributed by atoms with Crippen LogP contribution in [-0.4, -0.2) is 21.6 Å². The molecule has 0 radical (unpaired) electrons. The standard InChI is InChI=1S/C14H19N5O/c1-11(9-19-6-5-16-10-19)17-14(20)18-13-4-2-3-12(7-13)8-15/h2-7,10-11H,8-9,15H2,1H3,(H2,17,18,20). The highest BCUT2D eigenvalue weighted by atomic mass is 16.2. The van der Waals surface area contributed by atoms with Crippen LogP contribution in [0.2, 0.25) is 0 Å². The Hall–Kier alpha value is -2.34. The molecule has 1 aromatic heterocycles. The van der Waals surface area contributed by atoms with Crippen LogP contribution in [0, 0.1) is 0 Å². The molecule has 0 saturated heterocycles. The summed E-state index contributed by atoms with van der Waals surface area (Å²) in [6.45, 7) is 3.07. The minimum absolute atomic E-state index is 0.00175. The lowest BCUT2D eigenvalue weighted by atomic mass is 10.2. The van der Waals surface area contributed by atoms with Crippen molar-refractivity contribution < 1.29 is 4.79 Å². The minimum Gasteiger partial charge on any atom is -0.335 e. The molecular formula is C14H19N5O. The van der Waals surface area contributed by atoms with Gasteiger partial charge in [0.2, 0.25) is 0 Å². The SMILES string of the molecule is CC(Cn1ccnc1)NC(=O)Nc1cccc(CN)c1. The molecule has 0 saturated carbocycles. The summed E-state index contributed by atoms with van der Waals surface area (Å²) >= 11 is 0. The van der Waals surface area contributed by atoms with E-state index in [9.17, 15) is 4.79 Å². The van der Waals surface area contributed by atoms with Crippen molar-refractivity contribution in [2.45, 2.75) is 26.1 Å². The van der Waals surface area contributed by atoms with E-state index in [0.717, 1.165) is 11.3 Å². The van der Waals surface area contributed by atoms with Crippen LogP contribution in [0.5, 0.6) is 0 Å². The van der Waals surface area contributed by atoms with Crippen molar-refractivity contribution in [2.75, 3.05) is 5.32 Å². The predicted molar refractivity (Wildman–Crippen MR) is 78.2 cm³/mol. The third kappa shape index (κ3) is 4.10. The van der Waals surface area contributed by atoms with Crippen molar-refractivity contribution in [1.29, 1.82) is 0 Å². The Balaban J connectivity index is 1.85. The third-order valence-electron chi connectivity index (χ3n) is 2.84. The van der Waals surface area contributed by atoms with Crippen LogP contribution in [0.3, 0.4) is 0 Å². The molecule has 6 heteroatoms. The Bertz CT molecular complexity index is 552. The van der Waals surface area contributed by atoms with Crippen molar-refractivity contribution in [3.63, 3.8) is 0 Å². The fraction of sp³-hybridized carbons (Fsp3) is 0.286. The fourth-order valence-corrected chi connectivity index (χ4v) is 1.92. The first kappa shape index (κ1) is 14.1. The van der Waals surface area contributed by atoms with Gasteiger partial charge >= 0.3 is 6.03 Å². The molecule has 1 atom stereocenters. The molecule has 2 amide bonds. The maximum atomic E-state index is 11.9. The number of imidazole rings is 1. The molecule has 6 nitrogen and oxygen atoms in total. The lowest BCUT2D eigenvalue weighted by Gasteiger charge is -2.15. The number of benzene rings is 1. The molecule has 0 spiro atoms. The number of hydrogen-bond acceptors (Lipinski definition) is 3. The Labute approximate surface area is 118 Å². The van der Waals surface area contributed by atoms with Crippen molar-refractivity contribution in [1.82, 2.24) is 14.9 Å². The molecule has 106 valence electrons. The zero-order chi connectivity index (χ0) is 14.4. The molecule has 1 aromatic carbocycles. The van der Waals surface area contributed by atoms with E-state index in [4.69, 9.17) is 5.73 Å². The van der Waals surface area contributed by atoms with Gasteiger partial charge in [0.25, 0.3) is 0 Å². The van der Waals surface area contributed by atoms with Gasteiger partial charge < -0.3 is 20.9 Å². The highest BCUT2D eigenvalue weighted by Crippen LogP contribution is 2.09. The number of nitrogens with two attached hydrogens (primary N) is 1. The molecule has 20 heavy (non-hydrogen) atoms. The van der Waals surface area contributed by atoms with Gasteiger partial charge in [-0.25, -0.2) is 9.78 Å². The van der Waals surface area contributed by atoms with Gasteiger partial charge in [-0.05, 0) is 24.6 Å². The normalized spacial score (nSPS) is 11.9. The maximum absolute atomic E-state index is 11.9. The molecule has 0 aliphatic carbocycles. The predicted octanol–water partition coefficient (Wildman–Crippen LogP) is 1.55. The molecular weight excluding hydrogens is 254 g/mol. The monoisotopic (exact) mass is 273 g/mol. The summed E-state index contributed by atoms with van der Waals surface area (Å²) in [6, 6.07) is 7.25. The van der Waals surface area contributed by atoms with E-state index in [1.807, 2.05) is 42.0 Å². The zero-order valence-corrected chi connectivity index (χ0v) is 11.4. The maximum Gasteiger partial charge on any atom is 0.319 e. The van der Waals surface area contributed by atoms with Gasteiger partial charge in [0, 0.05) is 37.2 Å². The summed E-state index contributed by atoms with van der Waals surface area (Å²) in [5, 5.41) is 5.67. The summed E-state index contributed by atoms with van der Waals surface area (Å²) < 4.78 is 1.92. The lowest BCUT2D eigenvalue weighted by Crippen LogP contribution is -2.38. The second kappa shape index (κ2) is 6.72. The largest absolute Gasteiger partial charge is 0.335 e. The van der Waals surface area contributed by atoms with Gasteiger partial charge in [0.15, 0.2) is 0 Å². The smallest absolute Gasteiger partial charge is 0.319 e. The van der Waals surface area contributed by atoms with Crippen LogP contribution >= 0.6 is 0 Å². The van der Waals surface area contributed by atoms with E-state index in [2.05, 4.69) is 15.6 Å². The first-order chi connectivity index (χ1) is 9.67. The van der Waals surface area contributed by atoms with E-state index < -0.39 is 0 Å². The van der Waals surface area contributed by atoms with Gasteiger partial charge in [-0.1, -0.05) is 12.1 Å². The number of anilines is 1. The van der Waals surface area contributed by atoms with E-state index >= 15 is 0 Å². The van der Waals surface area contributed by atoms with Crippen LogP contribution in [0.1, 0.15) is 12.5 Å². The summed E-state index contributed by atoms with van der Waals surface area (Å²) in [4.78, 5) is 15.8. The molecule has 4 N–H and O–H groups in total. The summed E-state index contributed by atoms with van der Waals surface area (Å²) in [7, 11) is 0. The van der Waals surface area contributed by atoms with Crippen LogP contribution in [0.4, 0.5) is 10.5 Å². The van der Waals surface area contributed by atoms with Gasteiger partial charge in [-0.3, -0.25) is 0 Å². The Morgan fingerprint density at radius 2 is 2.35 bits per heavy atom. The quantitative estimate of drug-likeness (QED) is 0.772. The van der Waals surface area contributed by atoms with Gasteiger partial charge in [0.05, 0.1) is 6.33 Å². The Morgan fingerprint density at radius 1 is 1.50 bits per heavy atom. The van der Waals surface area contributed by atoms with Crippen molar-refractivity contribution in [3.8, 4) is 0 Å².